The number of hydrogen-bond donors (Lipinski definition) is 3. The fraction of sp³-hybridized carbons (Fsp3) is 0.0667. The number of nitrogens with two attached hydrogens (primary N) is 1. The van der Waals surface area contributed by atoms with Crippen LogP contribution in [0.3, 0.4) is 0 Å². The average Bonchev–Trinajstić information content (AvgIpc) is 3.03. The third-order valence-electron chi connectivity index (χ3n) is 2.92. The first-order chi connectivity index (χ1) is 11.2. The number of nitrogens with zero attached hydrogens (tertiary/aromatic N) is 3. The molecule has 3 rings (SSSR count). The summed E-state index contributed by atoms with van der Waals surface area (Å²) in [7, 11) is 0. The lowest BCUT2D eigenvalue weighted by molar-refractivity contribution is -0.113. The molecule has 1 amide bonds. The smallest absolute Gasteiger partial charge is 0.234 e. The molecule has 0 aliphatic carbocycles. The zero-order valence-corrected chi connectivity index (χ0v) is 12.9. The third-order valence-corrected chi connectivity index (χ3v) is 3.77. The van der Waals surface area contributed by atoms with Crippen LogP contribution in [0, 0.1) is 0 Å². The Morgan fingerprint density at radius 3 is 2.87 bits per heavy atom. The van der Waals surface area contributed by atoms with Gasteiger partial charge in [0.15, 0.2) is 5.82 Å². The highest BCUT2D eigenvalue weighted by atomic mass is 32.2. The van der Waals surface area contributed by atoms with Gasteiger partial charge in [-0.1, -0.05) is 17.8 Å². The molecule has 0 aliphatic heterocycles. The van der Waals surface area contributed by atoms with Gasteiger partial charge < -0.3 is 11.1 Å². The Labute approximate surface area is 136 Å². The zero-order valence-electron chi connectivity index (χ0n) is 12.1. The molecule has 0 aliphatic rings. The summed E-state index contributed by atoms with van der Waals surface area (Å²) in [5.41, 5.74) is 7.84. The number of aromatic nitrogens is 4. The molecule has 23 heavy (non-hydrogen) atoms. The van der Waals surface area contributed by atoms with Crippen molar-refractivity contribution in [1.29, 1.82) is 0 Å². The van der Waals surface area contributed by atoms with Gasteiger partial charge in [-0.05, 0) is 30.3 Å². The van der Waals surface area contributed by atoms with Crippen LogP contribution in [0.2, 0.25) is 0 Å². The van der Waals surface area contributed by atoms with Gasteiger partial charge in [-0.15, -0.1) is 5.10 Å². The number of rotatable bonds is 5. The Kier molecular flexibility index (Phi) is 4.53. The first-order valence-electron chi connectivity index (χ1n) is 6.82. The molecular weight excluding hydrogens is 312 g/mol. The summed E-state index contributed by atoms with van der Waals surface area (Å²) in [4.78, 5) is 20.2. The van der Waals surface area contributed by atoms with E-state index in [9.17, 15) is 4.79 Å². The number of H-pyrrole nitrogens is 1. The average molecular weight is 326 g/mol. The lowest BCUT2D eigenvalue weighted by Gasteiger charge is -2.04. The Balaban J connectivity index is 1.56. The molecule has 0 radical (unpaired) electrons. The highest BCUT2D eigenvalue weighted by Crippen LogP contribution is 2.19. The standard InChI is InChI=1S/C15H14N6OS/c16-11-2-1-3-12(8-11)18-13(22)9-23-15-19-14(20-21-15)10-4-6-17-7-5-10/h1-8H,9,16H2,(H,18,22)(H,19,20,21). The van der Waals surface area contributed by atoms with Crippen molar-refractivity contribution in [3.8, 4) is 11.4 Å². The lowest BCUT2D eigenvalue weighted by Crippen LogP contribution is -2.14. The number of thioether (sulfide) groups is 1. The molecule has 0 atom stereocenters. The summed E-state index contributed by atoms with van der Waals surface area (Å²) in [6, 6.07) is 10.7. The van der Waals surface area contributed by atoms with Crippen molar-refractivity contribution < 1.29 is 4.79 Å². The second-order valence-electron chi connectivity index (χ2n) is 4.66. The van der Waals surface area contributed by atoms with Gasteiger partial charge in [0.1, 0.15) is 0 Å². The van der Waals surface area contributed by atoms with Crippen LogP contribution in [0.5, 0.6) is 0 Å². The molecule has 0 spiro atoms. The van der Waals surface area contributed by atoms with Gasteiger partial charge in [-0.3, -0.25) is 14.9 Å². The van der Waals surface area contributed by atoms with E-state index in [-0.39, 0.29) is 11.7 Å². The number of carbonyl (C=O) groups is 1. The SMILES string of the molecule is Nc1cccc(NC(=O)CSc2n[nH]c(-c3ccncc3)n2)c1. The summed E-state index contributed by atoms with van der Waals surface area (Å²) in [5, 5.41) is 10.2. The number of benzene rings is 1. The van der Waals surface area contributed by atoms with E-state index in [1.54, 1.807) is 36.7 Å². The number of carbonyl (C=O) groups excluding carboxylic acids is 1. The second kappa shape index (κ2) is 6.93. The molecule has 7 nitrogen and oxygen atoms in total. The minimum atomic E-state index is -0.143. The van der Waals surface area contributed by atoms with Crippen LogP contribution in [0.4, 0.5) is 11.4 Å². The van der Waals surface area contributed by atoms with Crippen LogP contribution in [0.15, 0.2) is 53.9 Å². The van der Waals surface area contributed by atoms with E-state index in [1.807, 2.05) is 12.1 Å². The van der Waals surface area contributed by atoms with Gasteiger partial charge in [-0.25, -0.2) is 4.98 Å². The van der Waals surface area contributed by atoms with Crippen molar-refractivity contribution in [2.24, 2.45) is 0 Å². The number of nitrogens with one attached hydrogen (secondary N) is 2. The Bertz CT molecular complexity index is 804. The molecular formula is C15H14N6OS. The largest absolute Gasteiger partial charge is 0.399 e. The molecule has 3 aromatic rings. The van der Waals surface area contributed by atoms with Crippen molar-refractivity contribution in [2.75, 3.05) is 16.8 Å². The Hall–Kier alpha value is -2.87. The van der Waals surface area contributed by atoms with Gasteiger partial charge in [0, 0.05) is 29.3 Å². The molecule has 8 heteroatoms. The first-order valence-corrected chi connectivity index (χ1v) is 7.80. The molecule has 0 unspecified atom stereocenters. The van der Waals surface area contributed by atoms with Crippen molar-refractivity contribution >= 4 is 29.0 Å². The maximum Gasteiger partial charge on any atom is 0.234 e. The van der Waals surface area contributed by atoms with Gasteiger partial charge >= 0.3 is 0 Å². The molecule has 116 valence electrons. The monoisotopic (exact) mass is 326 g/mol. The Morgan fingerprint density at radius 1 is 1.26 bits per heavy atom. The maximum atomic E-state index is 11.9. The number of pyridine rings is 1. The van der Waals surface area contributed by atoms with Crippen LogP contribution in [0.1, 0.15) is 0 Å². The van der Waals surface area contributed by atoms with Crippen molar-refractivity contribution in [3.05, 3.63) is 48.8 Å². The molecule has 1 aromatic carbocycles. The van der Waals surface area contributed by atoms with Gasteiger partial charge in [-0.2, -0.15) is 0 Å². The number of anilines is 2. The summed E-state index contributed by atoms with van der Waals surface area (Å²) in [6.07, 6.45) is 3.37. The highest BCUT2D eigenvalue weighted by molar-refractivity contribution is 7.99. The van der Waals surface area contributed by atoms with Gasteiger partial charge in [0.05, 0.1) is 5.75 Å². The van der Waals surface area contributed by atoms with E-state index in [0.717, 1.165) is 5.56 Å². The lowest BCUT2D eigenvalue weighted by atomic mass is 10.3. The van der Waals surface area contributed by atoms with Gasteiger partial charge in [0.25, 0.3) is 0 Å². The Morgan fingerprint density at radius 2 is 2.09 bits per heavy atom. The molecule has 2 heterocycles. The predicted octanol–water partition coefficient (Wildman–Crippen LogP) is 2.18. The van der Waals surface area contributed by atoms with E-state index in [2.05, 4.69) is 25.5 Å². The zero-order chi connectivity index (χ0) is 16.1. The molecule has 0 bridgehead atoms. The molecule has 0 saturated heterocycles. The predicted molar refractivity (Wildman–Crippen MR) is 89.8 cm³/mol. The van der Waals surface area contributed by atoms with Crippen LogP contribution in [0.25, 0.3) is 11.4 Å². The molecule has 0 saturated carbocycles. The van der Waals surface area contributed by atoms with Crippen LogP contribution in [-0.4, -0.2) is 31.8 Å². The van der Waals surface area contributed by atoms with Crippen LogP contribution < -0.4 is 11.1 Å². The number of aromatic amines is 1. The maximum absolute atomic E-state index is 11.9. The summed E-state index contributed by atoms with van der Waals surface area (Å²) >= 11 is 1.26. The minimum Gasteiger partial charge on any atom is -0.399 e. The molecule has 0 fully saturated rings. The van der Waals surface area contributed by atoms with E-state index in [0.29, 0.717) is 22.4 Å². The quantitative estimate of drug-likeness (QED) is 0.490. The third kappa shape index (κ3) is 4.07. The van der Waals surface area contributed by atoms with Crippen molar-refractivity contribution in [1.82, 2.24) is 20.2 Å². The van der Waals surface area contributed by atoms with E-state index in [4.69, 9.17) is 5.73 Å². The number of nitrogen functional groups attached to an aromatic ring is 1. The number of amides is 1. The van der Waals surface area contributed by atoms with Crippen molar-refractivity contribution in [3.63, 3.8) is 0 Å². The fourth-order valence-electron chi connectivity index (χ4n) is 1.89. The molecule has 4 N–H and O–H groups in total. The summed E-state index contributed by atoms with van der Waals surface area (Å²) in [6.45, 7) is 0. The van der Waals surface area contributed by atoms with Crippen LogP contribution >= 0.6 is 11.8 Å². The topological polar surface area (TPSA) is 110 Å². The van der Waals surface area contributed by atoms with Crippen LogP contribution in [-0.2, 0) is 4.79 Å². The summed E-state index contributed by atoms with van der Waals surface area (Å²) in [5.74, 6) is 0.713. The molecule has 2 aromatic heterocycles. The second-order valence-corrected chi connectivity index (χ2v) is 5.61. The first kappa shape index (κ1) is 15.0. The normalized spacial score (nSPS) is 10.4. The van der Waals surface area contributed by atoms with E-state index < -0.39 is 0 Å². The van der Waals surface area contributed by atoms with E-state index >= 15 is 0 Å². The highest BCUT2D eigenvalue weighted by Gasteiger charge is 2.09. The van der Waals surface area contributed by atoms with E-state index in [1.165, 1.54) is 11.8 Å². The minimum absolute atomic E-state index is 0.143. The summed E-state index contributed by atoms with van der Waals surface area (Å²) < 4.78 is 0. The number of hydrogen-bond acceptors (Lipinski definition) is 6. The fourth-order valence-corrected chi connectivity index (χ4v) is 2.49. The van der Waals surface area contributed by atoms with Gasteiger partial charge in [0.2, 0.25) is 11.1 Å². The van der Waals surface area contributed by atoms with Crippen molar-refractivity contribution in [2.45, 2.75) is 5.16 Å².